The molecular formula is C23H27N5O2S. The molecule has 2 amide bonds. The molecule has 0 aliphatic carbocycles. The maximum atomic E-state index is 12.5. The average molecular weight is 438 g/mol. The van der Waals surface area contributed by atoms with E-state index in [-0.39, 0.29) is 17.6 Å². The van der Waals surface area contributed by atoms with E-state index in [0.29, 0.717) is 29.5 Å². The van der Waals surface area contributed by atoms with Crippen molar-refractivity contribution < 1.29 is 9.59 Å². The van der Waals surface area contributed by atoms with Crippen LogP contribution in [0.1, 0.15) is 35.3 Å². The van der Waals surface area contributed by atoms with Gasteiger partial charge in [0.15, 0.2) is 5.16 Å². The van der Waals surface area contributed by atoms with Gasteiger partial charge >= 0.3 is 0 Å². The van der Waals surface area contributed by atoms with E-state index in [9.17, 15) is 9.59 Å². The van der Waals surface area contributed by atoms with Crippen molar-refractivity contribution in [3.63, 3.8) is 0 Å². The minimum Gasteiger partial charge on any atom is -0.339 e. The number of carbonyl (C=O) groups is 2. The van der Waals surface area contributed by atoms with Gasteiger partial charge in [0, 0.05) is 24.3 Å². The fourth-order valence-corrected chi connectivity index (χ4v) is 4.04. The molecule has 0 bridgehead atoms. The Labute approximate surface area is 186 Å². The van der Waals surface area contributed by atoms with Gasteiger partial charge in [-0.15, -0.1) is 10.2 Å². The van der Waals surface area contributed by atoms with Crippen LogP contribution in [0.15, 0.2) is 53.9 Å². The molecule has 0 aliphatic rings. The highest BCUT2D eigenvalue weighted by atomic mass is 32.2. The lowest BCUT2D eigenvalue weighted by Crippen LogP contribution is -2.30. The zero-order valence-electron chi connectivity index (χ0n) is 18.3. The maximum Gasteiger partial charge on any atom is 0.253 e. The van der Waals surface area contributed by atoms with Crippen molar-refractivity contribution in [2.24, 2.45) is 0 Å². The van der Waals surface area contributed by atoms with E-state index in [1.54, 1.807) is 35.5 Å². The van der Waals surface area contributed by atoms with E-state index < -0.39 is 0 Å². The molecule has 1 aromatic heterocycles. The Morgan fingerprint density at radius 1 is 1.10 bits per heavy atom. The number of anilines is 1. The third-order valence-electron chi connectivity index (χ3n) is 4.90. The first-order valence-corrected chi connectivity index (χ1v) is 11.2. The van der Waals surface area contributed by atoms with E-state index in [1.165, 1.54) is 17.3 Å². The Bertz CT molecular complexity index is 1080. The number of thioether (sulfide) groups is 1. The van der Waals surface area contributed by atoms with Gasteiger partial charge in [0.25, 0.3) is 5.91 Å². The molecule has 1 heterocycles. The van der Waals surface area contributed by atoms with E-state index >= 15 is 0 Å². The summed E-state index contributed by atoms with van der Waals surface area (Å²) in [6, 6.07) is 13.2. The first kappa shape index (κ1) is 22.6. The molecule has 3 rings (SSSR count). The lowest BCUT2D eigenvalue weighted by molar-refractivity contribution is -0.113. The van der Waals surface area contributed by atoms with E-state index in [1.807, 2.05) is 44.4 Å². The zero-order chi connectivity index (χ0) is 22.4. The van der Waals surface area contributed by atoms with E-state index in [4.69, 9.17) is 0 Å². The van der Waals surface area contributed by atoms with E-state index in [0.717, 1.165) is 11.3 Å². The number of nitrogens with one attached hydrogen (secondary N) is 1. The number of aryl methyl sites for hydroxylation is 2. The van der Waals surface area contributed by atoms with Gasteiger partial charge in [-0.25, -0.2) is 0 Å². The van der Waals surface area contributed by atoms with Crippen LogP contribution in [-0.2, 0) is 4.79 Å². The molecule has 1 N–H and O–H groups in total. The molecule has 0 unspecified atom stereocenters. The minimum atomic E-state index is -0.174. The van der Waals surface area contributed by atoms with Crippen molar-refractivity contribution in [1.82, 2.24) is 19.7 Å². The number of carbonyl (C=O) groups excluding carboxylic acids is 2. The third kappa shape index (κ3) is 5.52. The van der Waals surface area contributed by atoms with Gasteiger partial charge in [-0.1, -0.05) is 35.5 Å². The van der Waals surface area contributed by atoms with Crippen LogP contribution in [0.2, 0.25) is 0 Å². The standard InChI is InChI=1S/C23H27N5O2S/c1-5-27(6-2)22(30)18-8-7-9-19(13-18)25-21(29)14-31-23-26-24-15-28(23)20-11-10-16(3)12-17(20)4/h7-13,15H,5-6,14H2,1-4H3,(H,25,29). The van der Waals surface area contributed by atoms with Crippen LogP contribution < -0.4 is 5.32 Å². The summed E-state index contributed by atoms with van der Waals surface area (Å²) in [5.41, 5.74) is 4.44. The van der Waals surface area contributed by atoms with Gasteiger partial charge in [-0.3, -0.25) is 14.2 Å². The van der Waals surface area contributed by atoms with Gasteiger partial charge in [0.1, 0.15) is 6.33 Å². The topological polar surface area (TPSA) is 80.1 Å². The largest absolute Gasteiger partial charge is 0.339 e. The van der Waals surface area contributed by atoms with Gasteiger partial charge in [-0.2, -0.15) is 0 Å². The van der Waals surface area contributed by atoms with Gasteiger partial charge in [0.05, 0.1) is 11.4 Å². The highest BCUT2D eigenvalue weighted by Crippen LogP contribution is 2.23. The molecule has 0 saturated carbocycles. The molecule has 0 atom stereocenters. The molecule has 2 aromatic carbocycles. The predicted molar refractivity (Wildman–Crippen MR) is 124 cm³/mol. The molecule has 7 nitrogen and oxygen atoms in total. The Balaban J connectivity index is 1.65. The van der Waals surface area contributed by atoms with Crippen LogP contribution in [0, 0.1) is 13.8 Å². The summed E-state index contributed by atoms with van der Waals surface area (Å²) < 4.78 is 1.89. The Kier molecular flexibility index (Phi) is 7.46. The van der Waals surface area contributed by atoms with E-state index in [2.05, 4.69) is 21.6 Å². The second kappa shape index (κ2) is 10.3. The van der Waals surface area contributed by atoms with Crippen molar-refractivity contribution in [1.29, 1.82) is 0 Å². The van der Waals surface area contributed by atoms with Crippen molar-refractivity contribution in [2.75, 3.05) is 24.2 Å². The van der Waals surface area contributed by atoms with Crippen molar-refractivity contribution in [2.45, 2.75) is 32.9 Å². The smallest absolute Gasteiger partial charge is 0.253 e. The van der Waals surface area contributed by atoms with Crippen LogP contribution in [0.25, 0.3) is 5.69 Å². The third-order valence-corrected chi connectivity index (χ3v) is 5.85. The van der Waals surface area contributed by atoms with Crippen LogP contribution in [-0.4, -0.2) is 50.3 Å². The lowest BCUT2D eigenvalue weighted by Gasteiger charge is -2.19. The summed E-state index contributed by atoms with van der Waals surface area (Å²) >= 11 is 1.31. The zero-order valence-corrected chi connectivity index (χ0v) is 19.1. The summed E-state index contributed by atoms with van der Waals surface area (Å²) in [5, 5.41) is 11.7. The molecule has 0 radical (unpaired) electrons. The normalized spacial score (nSPS) is 10.7. The number of rotatable bonds is 8. The summed E-state index contributed by atoms with van der Waals surface area (Å²) in [4.78, 5) is 26.8. The van der Waals surface area contributed by atoms with Gasteiger partial charge < -0.3 is 10.2 Å². The van der Waals surface area contributed by atoms with Gasteiger partial charge in [0.2, 0.25) is 5.91 Å². The average Bonchev–Trinajstić information content (AvgIpc) is 3.21. The SMILES string of the molecule is CCN(CC)C(=O)c1cccc(NC(=O)CSc2nncn2-c2ccc(C)cc2C)c1. The number of hydrogen-bond acceptors (Lipinski definition) is 5. The highest BCUT2D eigenvalue weighted by Gasteiger charge is 2.15. The Morgan fingerprint density at radius 2 is 1.87 bits per heavy atom. The fraction of sp³-hybridized carbons (Fsp3) is 0.304. The quantitative estimate of drug-likeness (QED) is 0.537. The molecular weight excluding hydrogens is 410 g/mol. The molecule has 8 heteroatoms. The molecule has 0 fully saturated rings. The fourth-order valence-electron chi connectivity index (χ4n) is 3.31. The number of hydrogen-bond donors (Lipinski definition) is 1. The number of amides is 2. The van der Waals surface area contributed by atoms with Crippen LogP contribution in [0.5, 0.6) is 0 Å². The second-order valence-electron chi connectivity index (χ2n) is 7.17. The first-order valence-electron chi connectivity index (χ1n) is 10.2. The molecule has 0 saturated heterocycles. The van der Waals surface area contributed by atoms with Crippen LogP contribution in [0.3, 0.4) is 0 Å². The first-order chi connectivity index (χ1) is 14.9. The summed E-state index contributed by atoms with van der Waals surface area (Å²) in [6.07, 6.45) is 1.65. The van der Waals surface area contributed by atoms with Crippen LogP contribution >= 0.6 is 11.8 Å². The summed E-state index contributed by atoms with van der Waals surface area (Å²) in [6.45, 7) is 9.26. The molecule has 0 spiro atoms. The highest BCUT2D eigenvalue weighted by molar-refractivity contribution is 7.99. The van der Waals surface area contributed by atoms with Crippen LogP contribution in [0.4, 0.5) is 5.69 Å². The lowest BCUT2D eigenvalue weighted by atomic mass is 10.1. The number of nitrogens with zero attached hydrogens (tertiary/aromatic N) is 4. The Morgan fingerprint density at radius 3 is 2.58 bits per heavy atom. The second-order valence-corrected chi connectivity index (χ2v) is 8.11. The number of aromatic nitrogens is 3. The number of benzene rings is 2. The van der Waals surface area contributed by atoms with Crippen molar-refractivity contribution in [3.8, 4) is 5.69 Å². The van der Waals surface area contributed by atoms with Gasteiger partial charge in [-0.05, 0) is 57.5 Å². The molecule has 3 aromatic rings. The monoisotopic (exact) mass is 437 g/mol. The van der Waals surface area contributed by atoms with Crippen molar-refractivity contribution in [3.05, 3.63) is 65.5 Å². The maximum absolute atomic E-state index is 12.5. The Hall–Kier alpha value is -3.13. The molecule has 31 heavy (non-hydrogen) atoms. The van der Waals surface area contributed by atoms with Crippen molar-refractivity contribution >= 4 is 29.3 Å². The predicted octanol–water partition coefficient (Wildman–Crippen LogP) is 4.10. The molecule has 0 aliphatic heterocycles. The summed E-state index contributed by atoms with van der Waals surface area (Å²) in [7, 11) is 0. The minimum absolute atomic E-state index is 0.0444. The summed E-state index contributed by atoms with van der Waals surface area (Å²) in [5.74, 6) is -0.0395. The molecule has 162 valence electrons.